The third kappa shape index (κ3) is 8.09. The number of sulfonamides is 1. The molecule has 4 aromatic rings. The number of hydrazone groups is 1. The second-order valence-electron chi connectivity index (χ2n) is 8.92. The Morgan fingerprint density at radius 3 is 2.37 bits per heavy atom. The number of nitrogens with one attached hydrogen (secondary N) is 1. The number of benzene rings is 4. The van der Waals surface area contributed by atoms with Crippen LogP contribution in [0.1, 0.15) is 18.1 Å². The molecule has 0 unspecified atom stereocenters. The molecule has 0 fully saturated rings. The third-order valence-electron chi connectivity index (χ3n) is 5.94. The zero-order valence-corrected chi connectivity index (χ0v) is 24.5. The Kier molecular flexibility index (Phi) is 10.3. The van der Waals surface area contributed by atoms with E-state index < -0.39 is 38.0 Å². The van der Waals surface area contributed by atoms with E-state index in [1.165, 1.54) is 30.5 Å². The molecule has 13 heteroatoms. The number of para-hydroxylation sites is 2. The maximum absolute atomic E-state index is 13.5. The van der Waals surface area contributed by atoms with Crippen LogP contribution in [-0.4, -0.2) is 38.6 Å². The second-order valence-corrected chi connectivity index (χ2v) is 11.2. The van der Waals surface area contributed by atoms with Gasteiger partial charge in [0.2, 0.25) is 0 Å². The summed E-state index contributed by atoms with van der Waals surface area (Å²) in [6.45, 7) is 1.84. The maximum atomic E-state index is 13.5. The highest BCUT2D eigenvalue weighted by Crippen LogP contribution is 2.30. The van der Waals surface area contributed by atoms with Crippen LogP contribution in [-0.2, 0) is 21.4 Å². The van der Waals surface area contributed by atoms with E-state index in [0.717, 1.165) is 22.0 Å². The van der Waals surface area contributed by atoms with Gasteiger partial charge in [0.25, 0.3) is 21.6 Å². The van der Waals surface area contributed by atoms with Crippen molar-refractivity contribution in [2.75, 3.05) is 17.5 Å². The van der Waals surface area contributed by atoms with E-state index in [1.807, 2.05) is 19.1 Å². The molecule has 0 aliphatic heterocycles. The Morgan fingerprint density at radius 2 is 1.67 bits per heavy atom. The molecule has 11 nitrogen and oxygen atoms in total. The van der Waals surface area contributed by atoms with E-state index in [0.29, 0.717) is 35.3 Å². The summed E-state index contributed by atoms with van der Waals surface area (Å²) in [5.74, 6) is 0.212. The summed E-state index contributed by atoms with van der Waals surface area (Å²) in [6.07, 6.45) is 1.37. The minimum absolute atomic E-state index is 0.148. The van der Waals surface area contributed by atoms with E-state index in [2.05, 4.69) is 10.5 Å². The first-order chi connectivity index (χ1) is 20.7. The molecule has 43 heavy (non-hydrogen) atoms. The highest BCUT2D eigenvalue weighted by Gasteiger charge is 2.33. The Morgan fingerprint density at radius 1 is 0.977 bits per heavy atom. The van der Waals surface area contributed by atoms with Crippen molar-refractivity contribution in [1.82, 2.24) is 5.43 Å². The SMILES string of the molecule is CCOc1cc(/C=N\NC(=O)CN(c2ccccc2)S(=O)(=O)c2ccccc2[N+](=O)[O-])ccc1OCc1ccc(Cl)cc1. The summed E-state index contributed by atoms with van der Waals surface area (Å²) in [7, 11) is -4.50. The number of nitrogens with zero attached hydrogens (tertiary/aromatic N) is 3. The monoisotopic (exact) mass is 622 g/mol. The van der Waals surface area contributed by atoms with Crippen molar-refractivity contribution < 1.29 is 27.6 Å². The Labute approximate surface area is 253 Å². The van der Waals surface area contributed by atoms with Crippen molar-refractivity contribution in [2.24, 2.45) is 5.10 Å². The van der Waals surface area contributed by atoms with E-state index >= 15 is 0 Å². The predicted octanol–water partition coefficient (Wildman–Crippen LogP) is 5.57. The van der Waals surface area contributed by atoms with Gasteiger partial charge in [-0.25, -0.2) is 13.8 Å². The summed E-state index contributed by atoms with van der Waals surface area (Å²) < 4.78 is 39.5. The van der Waals surface area contributed by atoms with Crippen molar-refractivity contribution >= 4 is 45.1 Å². The first-order valence-corrected chi connectivity index (χ1v) is 14.8. The highest BCUT2D eigenvalue weighted by molar-refractivity contribution is 7.93. The molecule has 0 saturated carbocycles. The molecule has 0 aliphatic carbocycles. The van der Waals surface area contributed by atoms with Gasteiger partial charge >= 0.3 is 0 Å². The van der Waals surface area contributed by atoms with Crippen molar-refractivity contribution in [3.05, 3.63) is 123 Å². The molecular weight excluding hydrogens is 596 g/mol. The topological polar surface area (TPSA) is 140 Å². The Hall–Kier alpha value is -4.94. The molecule has 4 rings (SSSR count). The summed E-state index contributed by atoms with van der Waals surface area (Å²) in [5, 5.41) is 16.1. The summed E-state index contributed by atoms with van der Waals surface area (Å²) in [5.41, 5.74) is 3.36. The van der Waals surface area contributed by atoms with E-state index in [-0.39, 0.29) is 5.69 Å². The van der Waals surface area contributed by atoms with Crippen molar-refractivity contribution in [1.29, 1.82) is 0 Å². The molecule has 0 spiro atoms. The summed E-state index contributed by atoms with van der Waals surface area (Å²) >= 11 is 5.94. The van der Waals surface area contributed by atoms with E-state index in [4.69, 9.17) is 21.1 Å². The molecule has 4 aromatic carbocycles. The molecule has 0 bridgehead atoms. The van der Waals surface area contributed by atoms with Crippen LogP contribution in [0.3, 0.4) is 0 Å². The third-order valence-corrected chi connectivity index (χ3v) is 8.01. The number of halogens is 1. The lowest BCUT2D eigenvalue weighted by molar-refractivity contribution is -0.387. The normalized spacial score (nSPS) is 11.2. The van der Waals surface area contributed by atoms with Crippen LogP contribution in [0, 0.1) is 10.1 Å². The average molecular weight is 623 g/mol. The minimum atomic E-state index is -4.50. The lowest BCUT2D eigenvalue weighted by Crippen LogP contribution is -2.39. The van der Waals surface area contributed by atoms with Gasteiger partial charge in [-0.15, -0.1) is 0 Å². The van der Waals surface area contributed by atoms with Crippen molar-refractivity contribution in [3.8, 4) is 11.5 Å². The van der Waals surface area contributed by atoms with Gasteiger partial charge in [-0.1, -0.05) is 54.1 Å². The molecule has 0 aliphatic rings. The van der Waals surface area contributed by atoms with Crippen LogP contribution in [0.5, 0.6) is 11.5 Å². The number of nitro benzene ring substituents is 1. The van der Waals surface area contributed by atoms with Crippen LogP contribution in [0.15, 0.2) is 107 Å². The number of nitro groups is 1. The molecule has 0 atom stereocenters. The van der Waals surface area contributed by atoms with Crippen molar-refractivity contribution in [3.63, 3.8) is 0 Å². The number of rotatable bonds is 13. The smallest absolute Gasteiger partial charge is 0.289 e. The van der Waals surface area contributed by atoms with Gasteiger partial charge < -0.3 is 9.47 Å². The molecule has 0 heterocycles. The fraction of sp³-hybridized carbons (Fsp3) is 0.133. The molecule has 222 valence electrons. The maximum Gasteiger partial charge on any atom is 0.289 e. The van der Waals surface area contributed by atoms with Crippen LogP contribution >= 0.6 is 11.6 Å². The van der Waals surface area contributed by atoms with E-state index in [1.54, 1.807) is 48.5 Å². The zero-order valence-electron chi connectivity index (χ0n) is 22.9. The first-order valence-electron chi connectivity index (χ1n) is 13.0. The molecule has 1 amide bonds. The number of amides is 1. The van der Waals surface area contributed by atoms with Crippen LogP contribution in [0.2, 0.25) is 5.02 Å². The van der Waals surface area contributed by atoms with Crippen LogP contribution < -0.4 is 19.2 Å². The largest absolute Gasteiger partial charge is 0.490 e. The van der Waals surface area contributed by atoms with Crippen LogP contribution in [0.4, 0.5) is 11.4 Å². The molecular formula is C30H27ClN4O7S. The highest BCUT2D eigenvalue weighted by atomic mass is 35.5. The molecule has 1 N–H and O–H groups in total. The summed E-state index contributed by atoms with van der Waals surface area (Å²) in [4.78, 5) is 23.1. The zero-order chi connectivity index (χ0) is 30.8. The lowest BCUT2D eigenvalue weighted by Gasteiger charge is -2.23. The van der Waals surface area contributed by atoms with Gasteiger partial charge in [-0.3, -0.25) is 19.2 Å². The fourth-order valence-electron chi connectivity index (χ4n) is 3.93. The minimum Gasteiger partial charge on any atom is -0.490 e. The van der Waals surface area contributed by atoms with Crippen LogP contribution in [0.25, 0.3) is 0 Å². The fourth-order valence-corrected chi connectivity index (χ4v) is 5.64. The number of hydrogen-bond acceptors (Lipinski definition) is 8. The Balaban J connectivity index is 1.49. The summed E-state index contributed by atoms with van der Waals surface area (Å²) in [6, 6.07) is 25.1. The van der Waals surface area contributed by atoms with Gasteiger partial charge in [0.15, 0.2) is 16.4 Å². The average Bonchev–Trinajstić information content (AvgIpc) is 3.01. The molecule has 0 saturated heterocycles. The Bertz CT molecular complexity index is 1720. The van der Waals surface area contributed by atoms with Gasteiger partial charge in [0.05, 0.1) is 23.4 Å². The number of anilines is 1. The number of carbonyl (C=O) groups excluding carboxylic acids is 1. The van der Waals surface area contributed by atoms with Gasteiger partial charge in [-0.05, 0) is 66.6 Å². The number of hydrogen-bond donors (Lipinski definition) is 1. The molecule has 0 radical (unpaired) electrons. The van der Waals surface area contributed by atoms with Gasteiger partial charge in [0.1, 0.15) is 13.2 Å². The molecule has 0 aromatic heterocycles. The quantitative estimate of drug-likeness (QED) is 0.117. The standard InChI is InChI=1S/C30H27ClN4O7S/c1-2-41-28-18-23(14-17-27(28)42-21-22-12-15-24(31)16-13-22)19-32-33-30(36)20-34(25-8-4-3-5-9-25)43(39,40)29-11-7-6-10-26(29)35(37)38/h3-19H,2,20-21H2,1H3,(H,33,36)/b32-19-. The lowest BCUT2D eigenvalue weighted by atomic mass is 10.2. The van der Waals surface area contributed by atoms with E-state index in [9.17, 15) is 23.3 Å². The van der Waals surface area contributed by atoms with Gasteiger partial charge in [0, 0.05) is 11.1 Å². The number of ether oxygens (including phenoxy) is 2. The number of carbonyl (C=O) groups is 1. The van der Waals surface area contributed by atoms with Crippen molar-refractivity contribution in [2.45, 2.75) is 18.4 Å². The second kappa shape index (κ2) is 14.3. The first kappa shape index (κ1) is 31.0. The predicted molar refractivity (Wildman–Crippen MR) is 163 cm³/mol. The van der Waals surface area contributed by atoms with Gasteiger partial charge in [-0.2, -0.15) is 5.10 Å².